The summed E-state index contributed by atoms with van der Waals surface area (Å²) in [5.41, 5.74) is 0. The molecule has 0 radical (unpaired) electrons. The summed E-state index contributed by atoms with van der Waals surface area (Å²) < 4.78 is 0. The van der Waals surface area contributed by atoms with Gasteiger partial charge in [0.05, 0.1) is 6.10 Å². The number of hydrogen-bond acceptors (Lipinski definition) is 2. The molecule has 1 rings (SSSR count). The topological polar surface area (TPSA) is 32.3 Å². The quantitative estimate of drug-likeness (QED) is 0.340. The van der Waals surface area contributed by atoms with E-state index in [1.54, 1.807) is 0 Å². The molecule has 0 amide bonds. The summed E-state index contributed by atoms with van der Waals surface area (Å²) in [5, 5.41) is 13.2. The first-order valence-corrected chi connectivity index (χ1v) is 4.28. The van der Waals surface area contributed by atoms with Crippen LogP contribution in [0.2, 0.25) is 0 Å². The Bertz CT molecular complexity index is 145. The minimum absolute atomic E-state index is 0.0845. The lowest BCUT2D eigenvalue weighted by Gasteiger charge is -2.45. The summed E-state index contributed by atoms with van der Waals surface area (Å²) in [6.45, 7) is 0. The molecule has 1 aliphatic heterocycles. The summed E-state index contributed by atoms with van der Waals surface area (Å²) in [6, 6.07) is 0. The van der Waals surface area contributed by atoms with E-state index in [4.69, 9.17) is 0 Å². The normalized spacial score (nSPS) is 29.9. The lowest BCUT2D eigenvalue weighted by Crippen LogP contribution is -2.66. The summed E-state index contributed by atoms with van der Waals surface area (Å²) in [5.74, 6) is 0. The van der Waals surface area contributed by atoms with Crippen LogP contribution in [0.4, 0.5) is 0 Å². The largest absolute Gasteiger partial charge is 0.393 e. The molecule has 0 spiro atoms. The van der Waals surface area contributed by atoms with Gasteiger partial charge in [0.25, 0.3) is 0 Å². The molecular formula is C5H15B4NO. The summed E-state index contributed by atoms with van der Waals surface area (Å²) in [4.78, 5) is 0. The molecule has 0 bridgehead atoms. The van der Waals surface area contributed by atoms with Gasteiger partial charge in [0.2, 0.25) is 0 Å². The molecular weight excluding hydrogens is 133 g/mol. The van der Waals surface area contributed by atoms with Crippen molar-refractivity contribution in [3.63, 3.8) is 0 Å². The van der Waals surface area contributed by atoms with E-state index in [1.165, 1.54) is 0 Å². The van der Waals surface area contributed by atoms with E-state index < -0.39 is 0 Å². The van der Waals surface area contributed by atoms with Crippen LogP contribution in [0.25, 0.3) is 0 Å². The van der Waals surface area contributed by atoms with E-state index in [9.17, 15) is 5.11 Å². The Labute approximate surface area is 72.1 Å². The molecule has 1 saturated heterocycles. The van der Waals surface area contributed by atoms with E-state index in [2.05, 4.69) is 36.7 Å². The Morgan fingerprint density at radius 2 is 1.45 bits per heavy atom. The van der Waals surface area contributed by atoms with E-state index >= 15 is 0 Å². The Balaban J connectivity index is 2.66. The van der Waals surface area contributed by atoms with Gasteiger partial charge in [-0.2, -0.15) is 0 Å². The van der Waals surface area contributed by atoms with Crippen LogP contribution < -0.4 is 5.32 Å². The summed E-state index contributed by atoms with van der Waals surface area (Å²) in [7, 11) is 8.54. The molecule has 0 aromatic carbocycles. The molecule has 2 nitrogen and oxygen atoms in total. The molecule has 0 aliphatic carbocycles. The number of hydrogen-bond donors (Lipinski definition) is 2. The molecule has 0 atom stereocenters. The van der Waals surface area contributed by atoms with Crippen LogP contribution in [0.3, 0.4) is 0 Å². The molecule has 0 aromatic heterocycles. The monoisotopic (exact) mass is 149 g/mol. The van der Waals surface area contributed by atoms with Gasteiger partial charge in [-0.3, -0.25) is 0 Å². The maximum atomic E-state index is 9.54. The zero-order valence-corrected chi connectivity index (χ0v) is 7.94. The number of nitrogens with one attached hydrogen (secondary N) is 1. The standard InChI is InChI=1S/C5H15B4NO/c6-4(7)1-3(11)2-5(8,9)10-4/h3,10-11H,1-2,6-9H2. The highest BCUT2D eigenvalue weighted by Crippen LogP contribution is 2.21. The maximum Gasteiger partial charge on any atom is 0.116 e. The molecule has 0 unspecified atom stereocenters. The average Bonchev–Trinajstić information content (AvgIpc) is 1.49. The summed E-state index contributed by atoms with van der Waals surface area (Å²) >= 11 is 0. The molecule has 1 fully saturated rings. The second kappa shape index (κ2) is 2.60. The minimum Gasteiger partial charge on any atom is -0.393 e. The van der Waals surface area contributed by atoms with Crippen molar-refractivity contribution < 1.29 is 5.11 Å². The third-order valence-corrected chi connectivity index (χ3v) is 2.17. The maximum absolute atomic E-state index is 9.54. The third kappa shape index (κ3) is 2.60. The second-order valence-electron chi connectivity index (χ2n) is 4.95. The Kier molecular flexibility index (Phi) is 2.19. The van der Waals surface area contributed by atoms with E-state index in [1.807, 2.05) is 0 Å². The highest BCUT2D eigenvalue weighted by Gasteiger charge is 2.36. The van der Waals surface area contributed by atoms with Gasteiger partial charge in [0.15, 0.2) is 0 Å². The van der Waals surface area contributed by atoms with Gasteiger partial charge in [0.1, 0.15) is 31.4 Å². The predicted octanol–water partition coefficient (Wildman–Crippen LogP) is -4.43. The number of aliphatic hydroxyl groups excluding tert-OH is 1. The smallest absolute Gasteiger partial charge is 0.116 e. The lowest BCUT2D eigenvalue weighted by molar-refractivity contribution is 0.108. The van der Waals surface area contributed by atoms with Crippen LogP contribution in [-0.2, 0) is 0 Å². The summed E-state index contributed by atoms with van der Waals surface area (Å²) in [6.07, 6.45) is 1.58. The zero-order chi connectivity index (χ0) is 8.70. The van der Waals surface area contributed by atoms with Gasteiger partial charge < -0.3 is 10.4 Å². The van der Waals surface area contributed by atoms with E-state index in [-0.39, 0.29) is 16.8 Å². The predicted molar refractivity (Wildman–Crippen MR) is 58.0 cm³/mol. The second-order valence-corrected chi connectivity index (χ2v) is 4.95. The number of aliphatic hydroxyl groups is 1. The van der Waals surface area contributed by atoms with Crippen molar-refractivity contribution in [1.82, 2.24) is 5.32 Å². The van der Waals surface area contributed by atoms with Crippen molar-refractivity contribution in [1.29, 1.82) is 0 Å². The minimum atomic E-state index is -0.138. The van der Waals surface area contributed by atoms with Gasteiger partial charge in [-0.1, -0.05) is 0 Å². The van der Waals surface area contributed by atoms with Crippen molar-refractivity contribution >= 4 is 31.4 Å². The average molecular weight is 148 g/mol. The molecule has 11 heavy (non-hydrogen) atoms. The molecule has 2 N–H and O–H groups in total. The van der Waals surface area contributed by atoms with Crippen LogP contribution in [-0.4, -0.2) is 53.3 Å². The fourth-order valence-electron chi connectivity index (χ4n) is 2.27. The van der Waals surface area contributed by atoms with Gasteiger partial charge in [-0.25, -0.2) is 0 Å². The Morgan fingerprint density at radius 1 is 1.09 bits per heavy atom. The first-order chi connectivity index (χ1) is 4.81. The lowest BCUT2D eigenvalue weighted by atomic mass is 9.48. The van der Waals surface area contributed by atoms with E-state index in [0.717, 1.165) is 12.8 Å². The SMILES string of the molecule is BC1(B)CC(O)CC(B)(B)N1. The van der Waals surface area contributed by atoms with Gasteiger partial charge >= 0.3 is 0 Å². The number of rotatable bonds is 0. The van der Waals surface area contributed by atoms with Crippen molar-refractivity contribution in [3.05, 3.63) is 0 Å². The molecule has 0 aromatic rings. The molecule has 1 aliphatic rings. The first kappa shape index (κ1) is 9.27. The van der Waals surface area contributed by atoms with Gasteiger partial charge in [0, 0.05) is 0 Å². The highest BCUT2D eigenvalue weighted by atomic mass is 16.3. The number of piperidine rings is 1. The van der Waals surface area contributed by atoms with Crippen molar-refractivity contribution in [2.75, 3.05) is 0 Å². The first-order valence-electron chi connectivity index (χ1n) is 4.28. The van der Waals surface area contributed by atoms with Crippen molar-refractivity contribution in [2.45, 2.75) is 29.6 Å². The fraction of sp³-hybridized carbons (Fsp3) is 1.00. The zero-order valence-electron chi connectivity index (χ0n) is 7.94. The molecule has 0 saturated carbocycles. The van der Waals surface area contributed by atoms with Gasteiger partial charge in [-0.05, 0) is 23.5 Å². The molecule has 1 heterocycles. The van der Waals surface area contributed by atoms with Crippen molar-refractivity contribution in [3.8, 4) is 0 Å². The van der Waals surface area contributed by atoms with Crippen LogP contribution in [0.1, 0.15) is 12.8 Å². The molecule has 58 valence electrons. The van der Waals surface area contributed by atoms with Crippen LogP contribution in [0.15, 0.2) is 0 Å². The van der Waals surface area contributed by atoms with E-state index in [0.29, 0.717) is 0 Å². The Morgan fingerprint density at radius 3 is 1.73 bits per heavy atom. The third-order valence-electron chi connectivity index (χ3n) is 2.17. The van der Waals surface area contributed by atoms with Crippen LogP contribution >= 0.6 is 0 Å². The van der Waals surface area contributed by atoms with Gasteiger partial charge in [-0.15, -0.1) is 0 Å². The fourth-order valence-corrected chi connectivity index (χ4v) is 2.27. The van der Waals surface area contributed by atoms with Crippen LogP contribution in [0.5, 0.6) is 0 Å². The molecule has 6 heteroatoms. The Hall–Kier alpha value is 0.180. The highest BCUT2D eigenvalue weighted by molar-refractivity contribution is 6.44. The van der Waals surface area contributed by atoms with Crippen molar-refractivity contribution in [2.24, 2.45) is 0 Å². The van der Waals surface area contributed by atoms with Crippen LogP contribution in [0, 0.1) is 0 Å².